The number of hydrogen-bond donors (Lipinski definition) is 1. The SMILES string of the molecule is CCc1ccc2ncc(C#N)c(N3CCC(C(=O)O)CC3)c2c1. The molecule has 0 radical (unpaired) electrons. The van der Waals surface area contributed by atoms with Gasteiger partial charge in [-0.1, -0.05) is 13.0 Å². The van der Waals surface area contributed by atoms with Crippen LogP contribution in [0.3, 0.4) is 0 Å². The molecule has 1 aliphatic rings. The molecule has 2 aromatic rings. The molecule has 118 valence electrons. The van der Waals surface area contributed by atoms with Crippen LogP contribution in [0.4, 0.5) is 5.69 Å². The van der Waals surface area contributed by atoms with Gasteiger partial charge in [0.1, 0.15) is 6.07 Å². The van der Waals surface area contributed by atoms with Crippen LogP contribution in [0.1, 0.15) is 30.9 Å². The first-order valence-electron chi connectivity index (χ1n) is 7.93. The monoisotopic (exact) mass is 309 g/mol. The van der Waals surface area contributed by atoms with Gasteiger partial charge in [-0.25, -0.2) is 0 Å². The number of rotatable bonds is 3. The Bertz CT molecular complexity index is 787. The van der Waals surface area contributed by atoms with Gasteiger partial charge in [0, 0.05) is 24.7 Å². The molecule has 0 spiro atoms. The fourth-order valence-electron chi connectivity index (χ4n) is 3.22. The second-order valence-corrected chi connectivity index (χ2v) is 5.94. The molecular formula is C18H19N3O2. The first-order chi connectivity index (χ1) is 11.1. The Kier molecular flexibility index (Phi) is 4.16. The molecule has 1 aliphatic heterocycles. The lowest BCUT2D eigenvalue weighted by Crippen LogP contribution is -2.36. The van der Waals surface area contributed by atoms with E-state index < -0.39 is 5.97 Å². The molecule has 23 heavy (non-hydrogen) atoms. The summed E-state index contributed by atoms with van der Waals surface area (Å²) < 4.78 is 0. The van der Waals surface area contributed by atoms with E-state index in [2.05, 4.69) is 35.0 Å². The molecule has 3 rings (SSSR count). The third-order valence-electron chi connectivity index (χ3n) is 4.59. The molecule has 1 aromatic heterocycles. The first kappa shape index (κ1) is 15.3. The quantitative estimate of drug-likeness (QED) is 0.943. The molecule has 5 heteroatoms. The van der Waals surface area contributed by atoms with Gasteiger partial charge >= 0.3 is 5.97 Å². The molecule has 0 amide bonds. The largest absolute Gasteiger partial charge is 0.481 e. The number of piperidine rings is 1. The van der Waals surface area contributed by atoms with E-state index in [0.717, 1.165) is 23.0 Å². The van der Waals surface area contributed by atoms with Crippen LogP contribution in [0.5, 0.6) is 0 Å². The van der Waals surface area contributed by atoms with Crippen LogP contribution in [0, 0.1) is 17.2 Å². The summed E-state index contributed by atoms with van der Waals surface area (Å²) in [6, 6.07) is 8.38. The molecule has 0 aliphatic carbocycles. The fourth-order valence-corrected chi connectivity index (χ4v) is 3.22. The zero-order valence-electron chi connectivity index (χ0n) is 13.1. The number of carboxylic acid groups (broad SMARTS) is 1. The smallest absolute Gasteiger partial charge is 0.306 e. The van der Waals surface area contributed by atoms with E-state index in [1.165, 1.54) is 5.56 Å². The van der Waals surface area contributed by atoms with Gasteiger partial charge in [-0.2, -0.15) is 5.26 Å². The second kappa shape index (κ2) is 6.25. The van der Waals surface area contributed by atoms with Crippen LogP contribution in [-0.2, 0) is 11.2 Å². The van der Waals surface area contributed by atoms with Crippen molar-refractivity contribution in [1.82, 2.24) is 4.98 Å². The van der Waals surface area contributed by atoms with E-state index in [4.69, 9.17) is 5.11 Å². The molecule has 5 nitrogen and oxygen atoms in total. The summed E-state index contributed by atoms with van der Waals surface area (Å²) in [5, 5.41) is 19.6. The van der Waals surface area contributed by atoms with Gasteiger partial charge in [-0.3, -0.25) is 9.78 Å². The Morgan fingerprint density at radius 2 is 2.17 bits per heavy atom. The van der Waals surface area contributed by atoms with E-state index in [9.17, 15) is 10.1 Å². The summed E-state index contributed by atoms with van der Waals surface area (Å²) in [5.74, 6) is -1.01. The number of aryl methyl sites for hydroxylation is 1. The number of carbonyl (C=O) groups is 1. The van der Waals surface area contributed by atoms with E-state index >= 15 is 0 Å². The minimum atomic E-state index is -0.724. The first-order valence-corrected chi connectivity index (χ1v) is 7.93. The van der Waals surface area contributed by atoms with Crippen LogP contribution in [-0.4, -0.2) is 29.1 Å². The molecule has 0 unspecified atom stereocenters. The van der Waals surface area contributed by atoms with Crippen molar-refractivity contribution in [2.75, 3.05) is 18.0 Å². The van der Waals surface area contributed by atoms with Crippen molar-refractivity contribution < 1.29 is 9.90 Å². The lowest BCUT2D eigenvalue weighted by atomic mass is 9.95. The summed E-state index contributed by atoms with van der Waals surface area (Å²) in [6.45, 7) is 3.41. The molecule has 2 heterocycles. The number of aromatic nitrogens is 1. The van der Waals surface area contributed by atoms with Gasteiger partial charge < -0.3 is 10.0 Å². The number of pyridine rings is 1. The van der Waals surface area contributed by atoms with Crippen LogP contribution >= 0.6 is 0 Å². The van der Waals surface area contributed by atoms with Crippen molar-refractivity contribution in [3.05, 3.63) is 35.5 Å². The van der Waals surface area contributed by atoms with Crippen LogP contribution in [0.15, 0.2) is 24.4 Å². The third-order valence-corrected chi connectivity index (χ3v) is 4.59. The van der Waals surface area contributed by atoms with E-state index in [1.807, 2.05) is 6.07 Å². The highest BCUT2D eigenvalue weighted by atomic mass is 16.4. The van der Waals surface area contributed by atoms with Crippen LogP contribution in [0.25, 0.3) is 10.9 Å². The second-order valence-electron chi connectivity index (χ2n) is 5.94. The van der Waals surface area contributed by atoms with Gasteiger partial charge in [0.15, 0.2) is 0 Å². The van der Waals surface area contributed by atoms with Crippen LogP contribution < -0.4 is 4.90 Å². The Morgan fingerprint density at radius 3 is 2.78 bits per heavy atom. The maximum Gasteiger partial charge on any atom is 0.306 e. The molecule has 1 fully saturated rings. The number of nitrogens with zero attached hydrogens (tertiary/aromatic N) is 3. The van der Waals surface area contributed by atoms with Crippen molar-refractivity contribution in [2.24, 2.45) is 5.92 Å². The number of carboxylic acids is 1. The minimum Gasteiger partial charge on any atom is -0.481 e. The number of fused-ring (bicyclic) bond motifs is 1. The van der Waals surface area contributed by atoms with Gasteiger partial charge in [-0.05, 0) is 37.0 Å². The average molecular weight is 309 g/mol. The Morgan fingerprint density at radius 1 is 1.43 bits per heavy atom. The Labute approximate surface area is 135 Å². The van der Waals surface area contributed by atoms with Gasteiger partial charge in [0.2, 0.25) is 0 Å². The van der Waals surface area contributed by atoms with E-state index in [1.54, 1.807) is 6.20 Å². The van der Waals surface area contributed by atoms with Crippen LogP contribution in [0.2, 0.25) is 0 Å². The maximum absolute atomic E-state index is 11.1. The molecule has 1 N–H and O–H groups in total. The normalized spacial score (nSPS) is 15.6. The third kappa shape index (κ3) is 2.85. The summed E-state index contributed by atoms with van der Waals surface area (Å²) >= 11 is 0. The zero-order valence-corrected chi connectivity index (χ0v) is 13.1. The molecule has 0 bridgehead atoms. The molecule has 1 aromatic carbocycles. The number of benzene rings is 1. The van der Waals surface area contributed by atoms with Crippen molar-refractivity contribution in [2.45, 2.75) is 26.2 Å². The van der Waals surface area contributed by atoms with E-state index in [0.29, 0.717) is 31.5 Å². The zero-order chi connectivity index (χ0) is 16.4. The summed E-state index contributed by atoms with van der Waals surface area (Å²) in [7, 11) is 0. The average Bonchev–Trinajstić information content (AvgIpc) is 2.60. The highest BCUT2D eigenvalue weighted by molar-refractivity contribution is 5.95. The minimum absolute atomic E-state index is 0.281. The number of aliphatic carboxylic acids is 1. The molecule has 0 atom stereocenters. The van der Waals surface area contributed by atoms with Gasteiger partial charge in [0.25, 0.3) is 0 Å². The van der Waals surface area contributed by atoms with Crippen molar-refractivity contribution >= 4 is 22.6 Å². The molecule has 0 saturated carbocycles. The lowest BCUT2D eigenvalue weighted by Gasteiger charge is -2.33. The number of anilines is 1. The molecular weight excluding hydrogens is 290 g/mol. The Hall–Kier alpha value is -2.61. The predicted molar refractivity (Wildman–Crippen MR) is 88.4 cm³/mol. The van der Waals surface area contributed by atoms with Crippen molar-refractivity contribution in [3.63, 3.8) is 0 Å². The lowest BCUT2D eigenvalue weighted by molar-refractivity contribution is -0.142. The fraction of sp³-hybridized carbons (Fsp3) is 0.389. The van der Waals surface area contributed by atoms with Crippen molar-refractivity contribution in [1.29, 1.82) is 5.26 Å². The van der Waals surface area contributed by atoms with Gasteiger partial charge in [-0.15, -0.1) is 0 Å². The standard InChI is InChI=1S/C18H19N3O2/c1-2-12-3-4-16-15(9-12)17(14(10-19)11-20-16)21-7-5-13(6-8-21)18(22)23/h3-4,9,11,13H,2,5-8H2,1H3,(H,22,23). The van der Waals surface area contributed by atoms with Gasteiger partial charge in [0.05, 0.1) is 22.7 Å². The highest BCUT2D eigenvalue weighted by Gasteiger charge is 2.26. The highest BCUT2D eigenvalue weighted by Crippen LogP contribution is 2.33. The maximum atomic E-state index is 11.1. The van der Waals surface area contributed by atoms with E-state index in [-0.39, 0.29) is 5.92 Å². The summed E-state index contributed by atoms with van der Waals surface area (Å²) in [4.78, 5) is 17.7. The number of nitriles is 1. The number of hydrogen-bond acceptors (Lipinski definition) is 4. The summed E-state index contributed by atoms with van der Waals surface area (Å²) in [6.07, 6.45) is 3.76. The predicted octanol–water partition coefficient (Wildman–Crippen LogP) is 2.97. The summed E-state index contributed by atoms with van der Waals surface area (Å²) in [5.41, 5.74) is 3.53. The molecule has 1 saturated heterocycles. The Balaban J connectivity index is 2.05. The topological polar surface area (TPSA) is 77.2 Å². The van der Waals surface area contributed by atoms with Crippen molar-refractivity contribution in [3.8, 4) is 6.07 Å².